The fourth-order valence-corrected chi connectivity index (χ4v) is 5.21. The first-order valence-electron chi connectivity index (χ1n) is 9.21. The van der Waals surface area contributed by atoms with E-state index in [0.29, 0.717) is 13.2 Å². The fraction of sp³-hybridized carbons (Fsp3) is 0.684. The molecule has 0 saturated heterocycles. The van der Waals surface area contributed by atoms with E-state index in [2.05, 4.69) is 31.7 Å². The van der Waals surface area contributed by atoms with Gasteiger partial charge in [0.15, 0.2) is 11.5 Å². The van der Waals surface area contributed by atoms with Gasteiger partial charge in [0.2, 0.25) is 0 Å². The smallest absolute Gasteiger partial charge is 0.161 e. The molecule has 0 amide bonds. The first kappa shape index (κ1) is 17.4. The molecule has 1 aromatic rings. The Morgan fingerprint density at radius 1 is 0.864 bits per heavy atom. The third kappa shape index (κ3) is 5.67. The van der Waals surface area contributed by atoms with E-state index in [4.69, 9.17) is 9.47 Å². The average Bonchev–Trinajstić information content (AvgIpc) is 2.56. The van der Waals surface area contributed by atoms with Crippen molar-refractivity contribution >= 4 is 14.0 Å². The molecule has 3 heteroatoms. The molecule has 1 atom stereocenters. The second-order valence-electron chi connectivity index (χ2n) is 6.57. The van der Waals surface area contributed by atoms with Crippen LogP contribution in [0.3, 0.4) is 0 Å². The highest BCUT2D eigenvalue weighted by atomic mass is 28.3. The van der Waals surface area contributed by atoms with Crippen molar-refractivity contribution < 1.29 is 9.47 Å². The van der Waals surface area contributed by atoms with Gasteiger partial charge in [0.1, 0.15) is 13.2 Å². The monoisotopic (exact) mass is 320 g/mol. The Labute approximate surface area is 137 Å². The molecule has 2 rings (SSSR count). The second-order valence-corrected chi connectivity index (χ2v) is 9.61. The van der Waals surface area contributed by atoms with Gasteiger partial charge in [-0.25, -0.2) is 0 Å². The molecule has 1 unspecified atom stereocenters. The maximum atomic E-state index is 5.70. The van der Waals surface area contributed by atoms with Crippen molar-refractivity contribution in [3.05, 3.63) is 18.2 Å². The van der Waals surface area contributed by atoms with Gasteiger partial charge < -0.3 is 9.47 Å². The summed E-state index contributed by atoms with van der Waals surface area (Å²) < 4.78 is 11.3. The van der Waals surface area contributed by atoms with Gasteiger partial charge in [-0.3, -0.25) is 0 Å². The van der Waals surface area contributed by atoms with Crippen LogP contribution >= 0.6 is 0 Å². The highest BCUT2D eigenvalue weighted by Crippen LogP contribution is 2.28. The Morgan fingerprint density at radius 2 is 1.50 bits per heavy atom. The highest BCUT2D eigenvalue weighted by molar-refractivity contribution is 6.72. The molecule has 0 bridgehead atoms. The lowest BCUT2D eigenvalue weighted by atomic mass is 10.1. The van der Waals surface area contributed by atoms with Gasteiger partial charge in [-0.05, 0) is 12.1 Å². The molecule has 124 valence electrons. The molecule has 1 aliphatic heterocycles. The van der Waals surface area contributed by atoms with Gasteiger partial charge >= 0.3 is 0 Å². The topological polar surface area (TPSA) is 18.5 Å². The molecule has 1 heterocycles. The summed E-state index contributed by atoms with van der Waals surface area (Å²) in [6.07, 6.45) is 11.3. The summed E-state index contributed by atoms with van der Waals surface area (Å²) >= 11 is 0. The Bertz CT molecular complexity index is 433. The molecule has 2 nitrogen and oxygen atoms in total. The molecule has 0 fully saturated rings. The lowest BCUT2D eigenvalue weighted by molar-refractivity contribution is 0.172. The van der Waals surface area contributed by atoms with Crippen molar-refractivity contribution in [2.75, 3.05) is 13.2 Å². The Hall–Kier alpha value is -0.963. The number of ether oxygens (including phenoxy) is 2. The number of hydrogen-bond donors (Lipinski definition) is 0. The number of benzene rings is 1. The molecule has 0 saturated carbocycles. The first-order chi connectivity index (χ1) is 10.8. The molecule has 0 spiro atoms. The molecule has 0 N–H and O–H groups in total. The summed E-state index contributed by atoms with van der Waals surface area (Å²) in [5.74, 6) is 1.88. The zero-order valence-electron chi connectivity index (χ0n) is 14.4. The standard InChI is InChI=1S/C19H32O2Si/c1-3-4-5-6-7-8-9-10-15-22(2)17-11-12-18-19(16-17)21-14-13-20-18/h11-12,16,22H,3-10,13-15H2,1-2H3. The van der Waals surface area contributed by atoms with E-state index in [-0.39, 0.29) is 0 Å². The average molecular weight is 321 g/mol. The summed E-state index contributed by atoms with van der Waals surface area (Å²) in [6.45, 7) is 6.11. The quantitative estimate of drug-likeness (QED) is 0.461. The van der Waals surface area contributed by atoms with Gasteiger partial charge in [-0.1, -0.05) is 82.1 Å². The minimum absolute atomic E-state index is 0.678. The van der Waals surface area contributed by atoms with Crippen LogP contribution in [0, 0.1) is 0 Å². The van der Waals surface area contributed by atoms with Crippen LogP contribution in [0.1, 0.15) is 58.3 Å². The number of rotatable bonds is 10. The Kier molecular flexibility index (Phi) is 7.85. The summed E-state index contributed by atoms with van der Waals surface area (Å²) in [5, 5.41) is 1.52. The van der Waals surface area contributed by atoms with Crippen molar-refractivity contribution in [3.63, 3.8) is 0 Å². The van der Waals surface area contributed by atoms with Crippen LogP contribution in [0.15, 0.2) is 18.2 Å². The zero-order chi connectivity index (χ0) is 15.6. The van der Waals surface area contributed by atoms with E-state index in [1.807, 2.05) is 0 Å². The van der Waals surface area contributed by atoms with Gasteiger partial charge in [-0.2, -0.15) is 0 Å². The van der Waals surface area contributed by atoms with Crippen LogP contribution in [0.4, 0.5) is 0 Å². The number of unbranched alkanes of at least 4 members (excludes halogenated alkanes) is 7. The van der Waals surface area contributed by atoms with Crippen molar-refractivity contribution in [1.82, 2.24) is 0 Å². The first-order valence-corrected chi connectivity index (χ1v) is 11.8. The summed E-state index contributed by atoms with van der Waals surface area (Å²) in [6, 6.07) is 8.00. The van der Waals surface area contributed by atoms with Crippen LogP contribution in [-0.4, -0.2) is 22.0 Å². The SMILES string of the molecule is CCCCCCCCCC[SiH](C)c1ccc2c(c1)OCCO2. The zero-order valence-corrected chi connectivity index (χ0v) is 15.6. The van der Waals surface area contributed by atoms with Crippen molar-refractivity contribution in [2.24, 2.45) is 0 Å². The molecule has 0 aliphatic carbocycles. The van der Waals surface area contributed by atoms with Gasteiger partial charge in [0.25, 0.3) is 0 Å². The Balaban J connectivity index is 1.64. The summed E-state index contributed by atoms with van der Waals surface area (Å²) in [5.41, 5.74) is 0. The maximum absolute atomic E-state index is 5.70. The minimum Gasteiger partial charge on any atom is -0.486 e. The molecular formula is C19H32O2Si. The molecule has 0 radical (unpaired) electrons. The Morgan fingerprint density at radius 3 is 2.23 bits per heavy atom. The van der Waals surface area contributed by atoms with Crippen LogP contribution in [0.25, 0.3) is 0 Å². The molecular weight excluding hydrogens is 288 g/mol. The van der Waals surface area contributed by atoms with E-state index < -0.39 is 8.80 Å². The third-order valence-electron chi connectivity index (χ3n) is 4.63. The highest BCUT2D eigenvalue weighted by Gasteiger charge is 2.14. The van der Waals surface area contributed by atoms with Gasteiger partial charge in [-0.15, -0.1) is 0 Å². The van der Waals surface area contributed by atoms with Gasteiger partial charge in [0, 0.05) is 0 Å². The van der Waals surface area contributed by atoms with Gasteiger partial charge in [0.05, 0.1) is 8.80 Å². The lowest BCUT2D eigenvalue weighted by Crippen LogP contribution is -2.27. The molecule has 1 aromatic carbocycles. The summed E-state index contributed by atoms with van der Waals surface area (Å²) in [4.78, 5) is 0. The van der Waals surface area contributed by atoms with E-state index in [0.717, 1.165) is 11.5 Å². The van der Waals surface area contributed by atoms with Crippen LogP contribution < -0.4 is 14.7 Å². The lowest BCUT2D eigenvalue weighted by Gasteiger charge is -2.20. The van der Waals surface area contributed by atoms with Crippen molar-refractivity contribution in [3.8, 4) is 11.5 Å². The number of fused-ring (bicyclic) bond motifs is 1. The molecule has 22 heavy (non-hydrogen) atoms. The maximum Gasteiger partial charge on any atom is 0.161 e. The third-order valence-corrected chi connectivity index (χ3v) is 7.40. The van der Waals surface area contributed by atoms with E-state index in [9.17, 15) is 0 Å². The van der Waals surface area contributed by atoms with E-state index in [1.54, 1.807) is 0 Å². The van der Waals surface area contributed by atoms with Crippen LogP contribution in [0.5, 0.6) is 11.5 Å². The van der Waals surface area contributed by atoms with Crippen molar-refractivity contribution in [1.29, 1.82) is 0 Å². The minimum atomic E-state index is -0.816. The van der Waals surface area contributed by atoms with Crippen LogP contribution in [0.2, 0.25) is 12.6 Å². The van der Waals surface area contributed by atoms with Crippen LogP contribution in [-0.2, 0) is 0 Å². The molecule has 0 aromatic heterocycles. The largest absolute Gasteiger partial charge is 0.486 e. The number of hydrogen-bond acceptors (Lipinski definition) is 2. The van der Waals surface area contributed by atoms with E-state index >= 15 is 0 Å². The molecule has 1 aliphatic rings. The van der Waals surface area contributed by atoms with E-state index in [1.165, 1.54) is 62.6 Å². The van der Waals surface area contributed by atoms with Crippen molar-refractivity contribution in [2.45, 2.75) is 70.9 Å². The predicted molar refractivity (Wildman–Crippen MR) is 97.5 cm³/mol. The summed E-state index contributed by atoms with van der Waals surface area (Å²) in [7, 11) is -0.816. The fourth-order valence-electron chi connectivity index (χ4n) is 3.12. The second kappa shape index (κ2) is 9.93. The predicted octanol–water partition coefficient (Wildman–Crippen LogP) is 4.66. The normalized spacial score (nSPS) is 14.8.